The Hall–Kier alpha value is -0.780. The highest BCUT2D eigenvalue weighted by Gasteiger charge is 2.02. The van der Waals surface area contributed by atoms with Crippen LogP contribution in [0.15, 0.2) is 18.2 Å². The van der Waals surface area contributed by atoms with Gasteiger partial charge in [-0.15, -0.1) is 0 Å². The Morgan fingerprint density at radius 1 is 1.57 bits per heavy atom. The standard InChI is InChI=1S/C10H12INO2/c1-12-10(14)5-3-7-2-4-9(13)8(11)6-7/h2,4,6,13H,3,5H2,1H3,(H,12,14). The van der Waals surface area contributed by atoms with E-state index in [1.165, 1.54) is 0 Å². The number of aryl methyl sites for hydroxylation is 1. The van der Waals surface area contributed by atoms with E-state index in [1.807, 2.05) is 12.1 Å². The smallest absolute Gasteiger partial charge is 0.220 e. The number of carbonyl (C=O) groups excluding carboxylic acids is 1. The molecular weight excluding hydrogens is 293 g/mol. The summed E-state index contributed by atoms with van der Waals surface area (Å²) in [5.74, 6) is 0.322. The fraction of sp³-hybridized carbons (Fsp3) is 0.300. The first-order chi connectivity index (χ1) is 6.63. The summed E-state index contributed by atoms with van der Waals surface area (Å²) in [7, 11) is 1.63. The van der Waals surface area contributed by atoms with E-state index >= 15 is 0 Å². The first kappa shape index (κ1) is 11.3. The van der Waals surface area contributed by atoms with Crippen molar-refractivity contribution in [2.75, 3.05) is 7.05 Å². The van der Waals surface area contributed by atoms with E-state index in [0.717, 1.165) is 9.13 Å². The summed E-state index contributed by atoms with van der Waals surface area (Å²) in [4.78, 5) is 11.0. The van der Waals surface area contributed by atoms with Gasteiger partial charge in [-0.2, -0.15) is 0 Å². The number of nitrogens with one attached hydrogen (secondary N) is 1. The van der Waals surface area contributed by atoms with Gasteiger partial charge in [0.25, 0.3) is 0 Å². The van der Waals surface area contributed by atoms with Crippen molar-refractivity contribution in [2.45, 2.75) is 12.8 Å². The fourth-order valence-corrected chi connectivity index (χ4v) is 1.67. The number of hydrogen-bond donors (Lipinski definition) is 2. The minimum Gasteiger partial charge on any atom is -0.507 e. The molecule has 0 aliphatic rings. The van der Waals surface area contributed by atoms with Crippen molar-refractivity contribution in [2.24, 2.45) is 0 Å². The van der Waals surface area contributed by atoms with Gasteiger partial charge in [-0.05, 0) is 46.7 Å². The molecule has 14 heavy (non-hydrogen) atoms. The molecule has 0 fully saturated rings. The lowest BCUT2D eigenvalue weighted by atomic mass is 10.1. The van der Waals surface area contributed by atoms with Crippen LogP contribution < -0.4 is 5.32 Å². The van der Waals surface area contributed by atoms with Crippen molar-refractivity contribution in [3.05, 3.63) is 27.3 Å². The van der Waals surface area contributed by atoms with E-state index in [9.17, 15) is 9.90 Å². The molecule has 0 atom stereocenters. The van der Waals surface area contributed by atoms with Gasteiger partial charge in [-0.25, -0.2) is 0 Å². The van der Waals surface area contributed by atoms with Crippen LogP contribution in [0.25, 0.3) is 0 Å². The molecule has 0 spiro atoms. The summed E-state index contributed by atoms with van der Waals surface area (Å²) in [6.45, 7) is 0. The zero-order chi connectivity index (χ0) is 10.6. The zero-order valence-electron chi connectivity index (χ0n) is 7.88. The maximum atomic E-state index is 11.0. The van der Waals surface area contributed by atoms with Crippen LogP contribution in [0.1, 0.15) is 12.0 Å². The number of aromatic hydroxyl groups is 1. The van der Waals surface area contributed by atoms with Crippen LogP contribution in [-0.4, -0.2) is 18.1 Å². The largest absolute Gasteiger partial charge is 0.507 e. The average Bonchev–Trinajstić information content (AvgIpc) is 2.19. The van der Waals surface area contributed by atoms with E-state index < -0.39 is 0 Å². The van der Waals surface area contributed by atoms with Crippen molar-refractivity contribution in [3.8, 4) is 5.75 Å². The molecule has 0 heterocycles. The summed E-state index contributed by atoms with van der Waals surface area (Å²) < 4.78 is 0.817. The predicted octanol–water partition coefficient (Wildman–Crippen LogP) is 1.68. The molecule has 3 nitrogen and oxygen atoms in total. The lowest BCUT2D eigenvalue weighted by Gasteiger charge is -2.02. The quantitative estimate of drug-likeness (QED) is 0.835. The van der Waals surface area contributed by atoms with Gasteiger partial charge >= 0.3 is 0 Å². The molecule has 1 aromatic carbocycles. The Bertz CT molecular complexity index is 339. The third-order valence-electron chi connectivity index (χ3n) is 1.93. The summed E-state index contributed by atoms with van der Waals surface area (Å²) in [5, 5.41) is 11.9. The number of benzene rings is 1. The van der Waals surface area contributed by atoms with Crippen molar-refractivity contribution in [1.82, 2.24) is 5.32 Å². The van der Waals surface area contributed by atoms with E-state index in [0.29, 0.717) is 12.8 Å². The van der Waals surface area contributed by atoms with Crippen LogP contribution in [0.5, 0.6) is 5.75 Å². The summed E-state index contributed by atoms with van der Waals surface area (Å²) in [6.07, 6.45) is 1.19. The molecule has 0 aliphatic carbocycles. The SMILES string of the molecule is CNC(=O)CCc1ccc(O)c(I)c1. The number of hydrogen-bond acceptors (Lipinski definition) is 2. The van der Waals surface area contributed by atoms with Crippen molar-refractivity contribution in [1.29, 1.82) is 0 Å². The topological polar surface area (TPSA) is 49.3 Å². The number of rotatable bonds is 3. The second-order valence-corrected chi connectivity index (χ2v) is 4.12. The minimum absolute atomic E-state index is 0.0353. The Morgan fingerprint density at radius 2 is 2.29 bits per heavy atom. The molecular formula is C10H12INO2. The first-order valence-corrected chi connectivity index (χ1v) is 5.39. The highest BCUT2D eigenvalue weighted by molar-refractivity contribution is 14.1. The molecule has 76 valence electrons. The second kappa shape index (κ2) is 5.19. The minimum atomic E-state index is 0.0353. The number of halogens is 1. The van der Waals surface area contributed by atoms with E-state index in [4.69, 9.17) is 0 Å². The Balaban J connectivity index is 2.60. The van der Waals surface area contributed by atoms with Gasteiger partial charge < -0.3 is 10.4 Å². The normalized spacial score (nSPS) is 9.86. The second-order valence-electron chi connectivity index (χ2n) is 2.96. The highest BCUT2D eigenvalue weighted by Crippen LogP contribution is 2.20. The number of carbonyl (C=O) groups is 1. The Kier molecular flexibility index (Phi) is 4.19. The summed E-state index contributed by atoms with van der Waals surface area (Å²) in [6, 6.07) is 5.38. The van der Waals surface area contributed by atoms with Crippen LogP contribution in [0.2, 0.25) is 0 Å². The number of phenols is 1. The van der Waals surface area contributed by atoms with Gasteiger partial charge in [-0.1, -0.05) is 6.07 Å². The van der Waals surface area contributed by atoms with Crippen LogP contribution in [0.4, 0.5) is 0 Å². The highest BCUT2D eigenvalue weighted by atomic mass is 127. The third kappa shape index (κ3) is 3.17. The van der Waals surface area contributed by atoms with Crippen molar-refractivity contribution >= 4 is 28.5 Å². The molecule has 0 aromatic heterocycles. The maximum Gasteiger partial charge on any atom is 0.220 e. The molecule has 0 saturated heterocycles. The molecule has 4 heteroatoms. The molecule has 2 N–H and O–H groups in total. The number of amides is 1. The fourth-order valence-electron chi connectivity index (χ4n) is 1.09. The molecule has 0 saturated carbocycles. The Morgan fingerprint density at radius 3 is 2.86 bits per heavy atom. The Labute approximate surface area is 96.7 Å². The van der Waals surface area contributed by atoms with Crippen LogP contribution in [-0.2, 0) is 11.2 Å². The van der Waals surface area contributed by atoms with Gasteiger partial charge in [0.1, 0.15) is 5.75 Å². The molecule has 1 aromatic rings. The van der Waals surface area contributed by atoms with Gasteiger partial charge in [-0.3, -0.25) is 4.79 Å². The lowest BCUT2D eigenvalue weighted by Crippen LogP contribution is -2.17. The lowest BCUT2D eigenvalue weighted by molar-refractivity contribution is -0.120. The van der Waals surface area contributed by atoms with Crippen molar-refractivity contribution < 1.29 is 9.90 Å². The van der Waals surface area contributed by atoms with Gasteiger partial charge in [0, 0.05) is 13.5 Å². The molecule has 1 amide bonds. The molecule has 0 unspecified atom stereocenters. The monoisotopic (exact) mass is 305 g/mol. The summed E-state index contributed by atoms with van der Waals surface area (Å²) >= 11 is 2.07. The van der Waals surface area contributed by atoms with Crippen LogP contribution in [0, 0.1) is 3.57 Å². The third-order valence-corrected chi connectivity index (χ3v) is 2.80. The number of phenolic OH excluding ortho intramolecular Hbond substituents is 1. The van der Waals surface area contributed by atoms with Gasteiger partial charge in [0.2, 0.25) is 5.91 Å². The van der Waals surface area contributed by atoms with Crippen LogP contribution in [0.3, 0.4) is 0 Å². The molecule has 0 radical (unpaired) electrons. The van der Waals surface area contributed by atoms with E-state index in [1.54, 1.807) is 13.1 Å². The van der Waals surface area contributed by atoms with Crippen LogP contribution >= 0.6 is 22.6 Å². The molecule has 0 bridgehead atoms. The first-order valence-electron chi connectivity index (χ1n) is 4.31. The molecule has 0 aliphatic heterocycles. The zero-order valence-corrected chi connectivity index (χ0v) is 10.0. The maximum absolute atomic E-state index is 11.0. The van der Waals surface area contributed by atoms with E-state index in [2.05, 4.69) is 27.9 Å². The average molecular weight is 305 g/mol. The van der Waals surface area contributed by atoms with Gasteiger partial charge in [0.05, 0.1) is 3.57 Å². The van der Waals surface area contributed by atoms with Gasteiger partial charge in [0.15, 0.2) is 0 Å². The van der Waals surface area contributed by atoms with Crippen molar-refractivity contribution in [3.63, 3.8) is 0 Å². The van der Waals surface area contributed by atoms with E-state index in [-0.39, 0.29) is 11.7 Å². The molecule has 1 rings (SSSR count). The predicted molar refractivity (Wildman–Crippen MR) is 63.2 cm³/mol. The summed E-state index contributed by atoms with van der Waals surface area (Å²) in [5.41, 5.74) is 1.07.